The molecule has 3 N–H and O–H groups in total. The lowest BCUT2D eigenvalue weighted by atomic mass is 10.1. The molecule has 0 spiro atoms. The normalized spacial score (nSPS) is 13.5. The molecule has 1 amide bonds. The molecule has 1 heterocycles. The molecule has 0 saturated heterocycles. The summed E-state index contributed by atoms with van der Waals surface area (Å²) in [5.41, 5.74) is 0.791. The molecule has 0 aromatic carbocycles. The molecule has 1 unspecified atom stereocenters. The van der Waals surface area contributed by atoms with Crippen LogP contribution >= 0.6 is 0 Å². The van der Waals surface area contributed by atoms with Crippen LogP contribution in [0.3, 0.4) is 0 Å². The standard InChI is InChI=1S/C11H20N4O/c1-8(9-5-6-13-15-9)12-7-10(16)14-11(2,3)4/h5-6,8,12H,7H2,1-4H3,(H,13,15)(H,14,16). The number of aromatic nitrogens is 2. The topological polar surface area (TPSA) is 69.8 Å². The molecular formula is C11H20N4O. The Balaban J connectivity index is 2.32. The van der Waals surface area contributed by atoms with E-state index >= 15 is 0 Å². The molecule has 0 fully saturated rings. The second kappa shape index (κ2) is 5.12. The lowest BCUT2D eigenvalue weighted by Crippen LogP contribution is -2.45. The van der Waals surface area contributed by atoms with Gasteiger partial charge in [0.2, 0.25) is 5.91 Å². The monoisotopic (exact) mass is 224 g/mol. The fourth-order valence-corrected chi connectivity index (χ4v) is 1.33. The maximum atomic E-state index is 11.5. The molecule has 1 aromatic heterocycles. The highest BCUT2D eigenvalue weighted by molar-refractivity contribution is 5.78. The van der Waals surface area contributed by atoms with Crippen molar-refractivity contribution in [2.45, 2.75) is 39.3 Å². The van der Waals surface area contributed by atoms with Gasteiger partial charge in [0.25, 0.3) is 0 Å². The van der Waals surface area contributed by atoms with Gasteiger partial charge in [-0.2, -0.15) is 5.10 Å². The number of H-pyrrole nitrogens is 1. The molecule has 5 nitrogen and oxygen atoms in total. The third-order valence-corrected chi connectivity index (χ3v) is 2.07. The van der Waals surface area contributed by atoms with Crippen molar-refractivity contribution in [3.8, 4) is 0 Å². The van der Waals surface area contributed by atoms with Crippen LogP contribution < -0.4 is 10.6 Å². The molecular weight excluding hydrogens is 204 g/mol. The largest absolute Gasteiger partial charge is 0.350 e. The number of amides is 1. The number of hydrogen-bond acceptors (Lipinski definition) is 3. The van der Waals surface area contributed by atoms with E-state index in [0.717, 1.165) is 5.69 Å². The Bertz CT molecular complexity index is 326. The Morgan fingerprint density at radius 1 is 1.56 bits per heavy atom. The van der Waals surface area contributed by atoms with Crippen molar-refractivity contribution in [1.29, 1.82) is 0 Å². The first-order valence-corrected chi connectivity index (χ1v) is 5.42. The van der Waals surface area contributed by atoms with E-state index < -0.39 is 0 Å². The van der Waals surface area contributed by atoms with E-state index in [-0.39, 0.29) is 17.5 Å². The van der Waals surface area contributed by atoms with Gasteiger partial charge in [-0.1, -0.05) is 0 Å². The molecule has 16 heavy (non-hydrogen) atoms. The first kappa shape index (κ1) is 12.7. The molecule has 0 radical (unpaired) electrons. The van der Waals surface area contributed by atoms with E-state index in [4.69, 9.17) is 0 Å². The second-order valence-corrected chi connectivity index (χ2v) is 4.91. The highest BCUT2D eigenvalue weighted by atomic mass is 16.2. The molecule has 1 aromatic rings. The van der Waals surface area contributed by atoms with Crippen LogP contribution in [0.25, 0.3) is 0 Å². The van der Waals surface area contributed by atoms with Gasteiger partial charge in [-0.25, -0.2) is 0 Å². The highest BCUT2D eigenvalue weighted by Crippen LogP contribution is 2.06. The molecule has 90 valence electrons. The van der Waals surface area contributed by atoms with Crippen molar-refractivity contribution >= 4 is 5.91 Å². The van der Waals surface area contributed by atoms with E-state index in [2.05, 4.69) is 20.8 Å². The van der Waals surface area contributed by atoms with Crippen LogP contribution in [0.1, 0.15) is 39.4 Å². The van der Waals surface area contributed by atoms with Gasteiger partial charge in [0.15, 0.2) is 0 Å². The molecule has 5 heteroatoms. The van der Waals surface area contributed by atoms with Gasteiger partial charge in [0.1, 0.15) is 0 Å². The SMILES string of the molecule is CC(NCC(=O)NC(C)(C)C)c1ccn[nH]1. The molecule has 0 aliphatic heterocycles. The fourth-order valence-electron chi connectivity index (χ4n) is 1.33. The smallest absolute Gasteiger partial charge is 0.234 e. The van der Waals surface area contributed by atoms with Crippen LogP contribution in [0, 0.1) is 0 Å². The number of nitrogens with zero attached hydrogens (tertiary/aromatic N) is 1. The van der Waals surface area contributed by atoms with E-state index in [1.807, 2.05) is 33.8 Å². The third kappa shape index (κ3) is 4.44. The molecule has 0 aliphatic rings. The van der Waals surface area contributed by atoms with Gasteiger partial charge in [-0.3, -0.25) is 9.89 Å². The summed E-state index contributed by atoms with van der Waals surface area (Å²) in [6.45, 7) is 8.17. The third-order valence-electron chi connectivity index (χ3n) is 2.07. The van der Waals surface area contributed by atoms with Crippen molar-refractivity contribution in [2.75, 3.05) is 6.54 Å². The Morgan fingerprint density at radius 3 is 2.75 bits per heavy atom. The van der Waals surface area contributed by atoms with Crippen LogP contribution in [-0.4, -0.2) is 28.2 Å². The Morgan fingerprint density at radius 2 is 2.25 bits per heavy atom. The number of carbonyl (C=O) groups excluding carboxylic acids is 1. The minimum atomic E-state index is -0.185. The maximum Gasteiger partial charge on any atom is 0.234 e. The van der Waals surface area contributed by atoms with Gasteiger partial charge in [0.05, 0.1) is 12.2 Å². The number of carbonyl (C=O) groups is 1. The minimum absolute atomic E-state index is 0.00105. The molecule has 1 rings (SSSR count). The van der Waals surface area contributed by atoms with Crippen LogP contribution in [-0.2, 0) is 4.79 Å². The zero-order valence-corrected chi connectivity index (χ0v) is 10.3. The lowest BCUT2D eigenvalue weighted by molar-refractivity contribution is -0.121. The molecule has 0 aliphatic carbocycles. The van der Waals surface area contributed by atoms with Gasteiger partial charge < -0.3 is 10.6 Å². The predicted molar refractivity (Wildman–Crippen MR) is 62.9 cm³/mol. The summed E-state index contributed by atoms with van der Waals surface area (Å²) in [7, 11) is 0. The predicted octanol–water partition coefficient (Wildman–Crippen LogP) is 0.975. The van der Waals surface area contributed by atoms with Crippen LogP contribution in [0.5, 0.6) is 0 Å². The molecule has 1 atom stereocenters. The number of nitrogens with one attached hydrogen (secondary N) is 3. The minimum Gasteiger partial charge on any atom is -0.350 e. The molecule has 0 bridgehead atoms. The van der Waals surface area contributed by atoms with E-state index in [0.29, 0.717) is 6.54 Å². The first-order chi connectivity index (χ1) is 7.38. The zero-order valence-electron chi connectivity index (χ0n) is 10.3. The van der Waals surface area contributed by atoms with E-state index in [9.17, 15) is 4.79 Å². The van der Waals surface area contributed by atoms with Crippen molar-refractivity contribution in [3.05, 3.63) is 18.0 Å². The zero-order chi connectivity index (χ0) is 12.2. The van der Waals surface area contributed by atoms with Crippen LogP contribution in [0.4, 0.5) is 0 Å². The maximum absolute atomic E-state index is 11.5. The summed E-state index contributed by atoms with van der Waals surface area (Å²) in [6.07, 6.45) is 1.70. The van der Waals surface area contributed by atoms with Crippen molar-refractivity contribution in [1.82, 2.24) is 20.8 Å². The van der Waals surface area contributed by atoms with Crippen molar-refractivity contribution < 1.29 is 4.79 Å². The summed E-state index contributed by atoms with van der Waals surface area (Å²) in [6, 6.07) is 1.98. The summed E-state index contributed by atoms with van der Waals surface area (Å²) in [5, 5.41) is 12.7. The Hall–Kier alpha value is -1.36. The fraction of sp³-hybridized carbons (Fsp3) is 0.636. The Labute approximate surface area is 96.0 Å². The van der Waals surface area contributed by atoms with Gasteiger partial charge in [-0.15, -0.1) is 0 Å². The summed E-state index contributed by atoms with van der Waals surface area (Å²) in [4.78, 5) is 11.5. The average molecular weight is 224 g/mol. The van der Waals surface area contributed by atoms with Crippen LogP contribution in [0.15, 0.2) is 12.3 Å². The Kier molecular flexibility index (Phi) is 4.06. The summed E-state index contributed by atoms with van der Waals surface area (Å²) < 4.78 is 0. The van der Waals surface area contributed by atoms with Crippen molar-refractivity contribution in [2.24, 2.45) is 0 Å². The second-order valence-electron chi connectivity index (χ2n) is 4.91. The van der Waals surface area contributed by atoms with Gasteiger partial charge in [-0.05, 0) is 33.8 Å². The van der Waals surface area contributed by atoms with E-state index in [1.165, 1.54) is 0 Å². The molecule has 0 saturated carbocycles. The van der Waals surface area contributed by atoms with Crippen molar-refractivity contribution in [3.63, 3.8) is 0 Å². The van der Waals surface area contributed by atoms with E-state index in [1.54, 1.807) is 6.20 Å². The van der Waals surface area contributed by atoms with Gasteiger partial charge in [0, 0.05) is 17.8 Å². The summed E-state index contributed by atoms with van der Waals surface area (Å²) >= 11 is 0. The first-order valence-electron chi connectivity index (χ1n) is 5.42. The average Bonchev–Trinajstić information content (AvgIpc) is 2.64. The number of rotatable bonds is 4. The highest BCUT2D eigenvalue weighted by Gasteiger charge is 2.14. The number of hydrogen-bond donors (Lipinski definition) is 3. The van der Waals surface area contributed by atoms with Gasteiger partial charge >= 0.3 is 0 Å². The van der Waals surface area contributed by atoms with Crippen LogP contribution in [0.2, 0.25) is 0 Å². The summed E-state index contributed by atoms with van der Waals surface area (Å²) in [5.74, 6) is -0.00105. The lowest BCUT2D eigenvalue weighted by Gasteiger charge is -2.21. The number of aromatic amines is 1. The quantitative estimate of drug-likeness (QED) is 0.714.